The molecule has 0 fully saturated rings. The Morgan fingerprint density at radius 2 is 1.83 bits per heavy atom. The Morgan fingerprint density at radius 1 is 1.13 bits per heavy atom. The summed E-state index contributed by atoms with van der Waals surface area (Å²) < 4.78 is 15.4. The lowest BCUT2D eigenvalue weighted by Crippen LogP contribution is -2.49. The van der Waals surface area contributed by atoms with Gasteiger partial charge < -0.3 is 16.0 Å². The molecule has 3 aromatic rings. The van der Waals surface area contributed by atoms with Gasteiger partial charge in [-0.2, -0.15) is 0 Å². The van der Waals surface area contributed by atoms with Gasteiger partial charge in [0.05, 0.1) is 12.1 Å². The van der Waals surface area contributed by atoms with Crippen LogP contribution in [-0.4, -0.2) is 25.9 Å². The van der Waals surface area contributed by atoms with Gasteiger partial charge >= 0.3 is 0 Å². The molecule has 1 aliphatic heterocycles. The summed E-state index contributed by atoms with van der Waals surface area (Å²) in [5.74, 6) is 0.999. The van der Waals surface area contributed by atoms with E-state index >= 15 is 0 Å². The first-order chi connectivity index (χ1) is 14.3. The quantitative estimate of drug-likeness (QED) is 0.677. The average molecular weight is 405 g/mol. The molecule has 0 bridgehead atoms. The van der Waals surface area contributed by atoms with Gasteiger partial charge in [-0.05, 0) is 43.7 Å². The van der Waals surface area contributed by atoms with Gasteiger partial charge in [-0.3, -0.25) is 9.36 Å². The van der Waals surface area contributed by atoms with Gasteiger partial charge in [0, 0.05) is 24.5 Å². The van der Waals surface area contributed by atoms with Crippen LogP contribution >= 0.6 is 0 Å². The molecule has 0 unspecified atom stereocenters. The first-order valence-corrected chi connectivity index (χ1v) is 9.76. The Hall–Kier alpha value is -3.45. The molecule has 1 aromatic heterocycles. The number of aromatic nitrogens is 2. The first-order valence-electron chi connectivity index (χ1n) is 9.76. The normalized spacial score (nSPS) is 13.3. The SMILES string of the molecule is CC(C)(N)C(=O)N1C=Cn2c(nc(-c3ccc(F)cc3)c2NCc2ccccc2)C1. The molecular weight excluding hydrogens is 381 g/mol. The van der Waals surface area contributed by atoms with Crippen LogP contribution in [0.25, 0.3) is 17.5 Å². The number of nitrogens with zero attached hydrogens (tertiary/aromatic N) is 3. The van der Waals surface area contributed by atoms with Gasteiger partial charge in [-0.15, -0.1) is 0 Å². The van der Waals surface area contributed by atoms with E-state index in [2.05, 4.69) is 5.32 Å². The minimum Gasteiger partial charge on any atom is -0.365 e. The van der Waals surface area contributed by atoms with Crippen molar-refractivity contribution < 1.29 is 9.18 Å². The van der Waals surface area contributed by atoms with Crippen LogP contribution in [0, 0.1) is 5.82 Å². The molecule has 4 rings (SSSR count). The number of benzene rings is 2. The maximum absolute atomic E-state index is 13.4. The molecule has 0 radical (unpaired) electrons. The summed E-state index contributed by atoms with van der Waals surface area (Å²) in [5, 5.41) is 3.45. The zero-order chi connectivity index (χ0) is 21.3. The molecule has 154 valence electrons. The van der Waals surface area contributed by atoms with Gasteiger partial charge in [0.2, 0.25) is 5.91 Å². The fourth-order valence-electron chi connectivity index (χ4n) is 3.37. The molecule has 1 amide bonds. The van der Waals surface area contributed by atoms with Crippen molar-refractivity contribution >= 4 is 17.9 Å². The molecule has 0 spiro atoms. The second-order valence-electron chi connectivity index (χ2n) is 7.89. The zero-order valence-corrected chi connectivity index (χ0v) is 17.0. The number of rotatable bonds is 5. The molecule has 6 nitrogen and oxygen atoms in total. The summed E-state index contributed by atoms with van der Waals surface area (Å²) in [7, 11) is 0. The van der Waals surface area contributed by atoms with Crippen LogP contribution in [-0.2, 0) is 17.9 Å². The van der Waals surface area contributed by atoms with E-state index in [1.807, 2.05) is 34.9 Å². The van der Waals surface area contributed by atoms with Crippen molar-refractivity contribution in [3.8, 4) is 11.3 Å². The minimum atomic E-state index is -0.979. The van der Waals surface area contributed by atoms with Crippen molar-refractivity contribution in [1.29, 1.82) is 0 Å². The van der Waals surface area contributed by atoms with E-state index in [1.165, 1.54) is 12.1 Å². The van der Waals surface area contributed by atoms with E-state index in [1.54, 1.807) is 43.3 Å². The third-order valence-electron chi connectivity index (χ3n) is 4.92. The molecule has 2 aromatic carbocycles. The Bertz CT molecular complexity index is 1080. The molecule has 0 aliphatic carbocycles. The van der Waals surface area contributed by atoms with E-state index in [4.69, 9.17) is 10.7 Å². The van der Waals surface area contributed by atoms with Crippen molar-refractivity contribution in [2.45, 2.75) is 32.5 Å². The average Bonchev–Trinajstić information content (AvgIpc) is 3.10. The summed E-state index contributed by atoms with van der Waals surface area (Å²) in [6.07, 6.45) is 3.52. The fourth-order valence-corrected chi connectivity index (χ4v) is 3.37. The monoisotopic (exact) mass is 405 g/mol. The van der Waals surface area contributed by atoms with Crippen LogP contribution in [0.3, 0.4) is 0 Å². The third kappa shape index (κ3) is 3.97. The highest BCUT2D eigenvalue weighted by Crippen LogP contribution is 2.32. The number of nitrogens with one attached hydrogen (secondary N) is 1. The highest BCUT2D eigenvalue weighted by atomic mass is 19.1. The topological polar surface area (TPSA) is 76.2 Å². The molecule has 30 heavy (non-hydrogen) atoms. The summed E-state index contributed by atoms with van der Waals surface area (Å²) in [4.78, 5) is 18.9. The summed E-state index contributed by atoms with van der Waals surface area (Å²) in [5.41, 5.74) is 7.62. The number of fused-ring (bicyclic) bond motifs is 1. The van der Waals surface area contributed by atoms with Crippen molar-refractivity contribution in [2.75, 3.05) is 5.32 Å². The van der Waals surface area contributed by atoms with E-state index < -0.39 is 5.54 Å². The van der Waals surface area contributed by atoms with Gasteiger partial charge in [0.15, 0.2) is 0 Å². The largest absolute Gasteiger partial charge is 0.365 e. The maximum atomic E-state index is 13.4. The van der Waals surface area contributed by atoms with Gasteiger partial charge in [0.1, 0.15) is 23.2 Å². The number of carbonyl (C=O) groups is 1. The molecule has 1 aliphatic rings. The second kappa shape index (κ2) is 7.76. The number of nitrogens with two attached hydrogens (primary N) is 1. The van der Waals surface area contributed by atoms with Crippen LogP contribution in [0.2, 0.25) is 0 Å². The maximum Gasteiger partial charge on any atom is 0.246 e. The standard InChI is InChI=1S/C23H24FN5O/c1-23(2,25)22(30)28-12-13-29-19(15-28)27-20(17-8-10-18(24)11-9-17)21(29)26-14-16-6-4-3-5-7-16/h3-13,26H,14-15,25H2,1-2H3. The predicted molar refractivity (Wildman–Crippen MR) is 116 cm³/mol. The van der Waals surface area contributed by atoms with Gasteiger partial charge in [-0.25, -0.2) is 9.37 Å². The first kappa shape index (κ1) is 19.8. The van der Waals surface area contributed by atoms with Crippen molar-refractivity contribution in [3.63, 3.8) is 0 Å². The van der Waals surface area contributed by atoms with Gasteiger partial charge in [0.25, 0.3) is 0 Å². The number of amides is 1. The van der Waals surface area contributed by atoms with Crippen LogP contribution in [0.15, 0.2) is 60.8 Å². The molecule has 0 atom stereocenters. The van der Waals surface area contributed by atoms with Gasteiger partial charge in [-0.1, -0.05) is 30.3 Å². The summed E-state index contributed by atoms with van der Waals surface area (Å²) >= 11 is 0. The van der Waals surface area contributed by atoms with Crippen LogP contribution in [0.1, 0.15) is 25.2 Å². The van der Waals surface area contributed by atoms with Crippen LogP contribution in [0.5, 0.6) is 0 Å². The molecule has 2 heterocycles. The van der Waals surface area contributed by atoms with Crippen molar-refractivity contribution in [2.24, 2.45) is 5.73 Å². The fraction of sp³-hybridized carbons (Fsp3) is 0.217. The molecule has 0 saturated heterocycles. The van der Waals surface area contributed by atoms with Crippen LogP contribution in [0.4, 0.5) is 10.2 Å². The zero-order valence-electron chi connectivity index (χ0n) is 17.0. The Balaban J connectivity index is 1.70. The third-order valence-corrected chi connectivity index (χ3v) is 4.92. The number of halogens is 1. The van der Waals surface area contributed by atoms with Crippen molar-refractivity contribution in [1.82, 2.24) is 14.5 Å². The number of hydrogen-bond donors (Lipinski definition) is 2. The molecule has 0 saturated carbocycles. The number of hydrogen-bond acceptors (Lipinski definition) is 4. The Labute approximate surface area is 174 Å². The molecule has 3 N–H and O–H groups in total. The van der Waals surface area contributed by atoms with E-state index in [0.717, 1.165) is 16.9 Å². The van der Waals surface area contributed by atoms with Crippen LogP contribution < -0.4 is 11.1 Å². The molecule has 7 heteroatoms. The Morgan fingerprint density at radius 3 is 2.50 bits per heavy atom. The second-order valence-corrected chi connectivity index (χ2v) is 7.89. The Kier molecular flexibility index (Phi) is 5.13. The van der Waals surface area contributed by atoms with Crippen molar-refractivity contribution in [3.05, 3.63) is 78.0 Å². The van der Waals surface area contributed by atoms with E-state index in [9.17, 15) is 9.18 Å². The number of carbonyl (C=O) groups excluding carboxylic acids is 1. The molecular formula is C23H24FN5O. The van der Waals surface area contributed by atoms with E-state index in [-0.39, 0.29) is 11.7 Å². The number of anilines is 1. The number of imidazole rings is 1. The summed E-state index contributed by atoms with van der Waals surface area (Å²) in [6.45, 7) is 4.27. The minimum absolute atomic E-state index is 0.185. The lowest BCUT2D eigenvalue weighted by Gasteiger charge is -2.28. The lowest BCUT2D eigenvalue weighted by atomic mass is 10.1. The van der Waals surface area contributed by atoms with E-state index in [0.29, 0.717) is 24.6 Å². The smallest absolute Gasteiger partial charge is 0.246 e. The predicted octanol–water partition coefficient (Wildman–Crippen LogP) is 3.81. The highest BCUT2D eigenvalue weighted by Gasteiger charge is 2.30. The highest BCUT2D eigenvalue weighted by molar-refractivity contribution is 5.87. The lowest BCUT2D eigenvalue weighted by molar-refractivity contribution is -0.133. The summed E-state index contributed by atoms with van der Waals surface area (Å²) in [6, 6.07) is 16.3.